The van der Waals surface area contributed by atoms with E-state index in [2.05, 4.69) is 9.88 Å². The third-order valence-electron chi connectivity index (χ3n) is 4.27. The lowest BCUT2D eigenvalue weighted by atomic mass is 10.2. The van der Waals surface area contributed by atoms with E-state index in [-0.39, 0.29) is 5.82 Å². The number of ether oxygens (including phenoxy) is 1. The molecule has 140 valence electrons. The van der Waals surface area contributed by atoms with E-state index in [0.717, 1.165) is 6.07 Å². The van der Waals surface area contributed by atoms with E-state index in [1.165, 1.54) is 12.3 Å². The van der Waals surface area contributed by atoms with Gasteiger partial charge in [-0.2, -0.15) is 13.2 Å². The van der Waals surface area contributed by atoms with Crippen molar-refractivity contribution in [1.82, 2.24) is 9.88 Å². The minimum Gasteiger partial charge on any atom is -0.491 e. The molecular weight excluding hydrogens is 367 g/mol. The van der Waals surface area contributed by atoms with Crippen molar-refractivity contribution in [1.29, 1.82) is 0 Å². The molecule has 0 atom stereocenters. The Morgan fingerprint density at radius 2 is 1.77 bits per heavy atom. The van der Waals surface area contributed by atoms with Crippen molar-refractivity contribution in [2.75, 3.05) is 44.2 Å². The van der Waals surface area contributed by atoms with Crippen LogP contribution in [0.1, 0.15) is 5.56 Å². The van der Waals surface area contributed by atoms with Crippen molar-refractivity contribution in [3.05, 3.63) is 53.2 Å². The molecule has 1 aliphatic heterocycles. The number of para-hydroxylation sites is 1. The van der Waals surface area contributed by atoms with Crippen LogP contribution in [0.5, 0.6) is 5.75 Å². The van der Waals surface area contributed by atoms with Crippen LogP contribution in [-0.2, 0) is 6.18 Å². The summed E-state index contributed by atoms with van der Waals surface area (Å²) in [5, 5.41) is 0.562. The van der Waals surface area contributed by atoms with Gasteiger partial charge in [-0.15, -0.1) is 0 Å². The van der Waals surface area contributed by atoms with Gasteiger partial charge in [-0.25, -0.2) is 4.98 Å². The second kappa shape index (κ2) is 8.14. The van der Waals surface area contributed by atoms with Crippen LogP contribution in [0.25, 0.3) is 0 Å². The minimum atomic E-state index is -4.40. The highest BCUT2D eigenvalue weighted by Gasteiger charge is 2.36. The number of anilines is 1. The summed E-state index contributed by atoms with van der Waals surface area (Å²) in [6.45, 7) is 3.45. The fraction of sp³-hybridized carbons (Fsp3) is 0.389. The molecule has 3 rings (SSSR count). The van der Waals surface area contributed by atoms with Gasteiger partial charge >= 0.3 is 6.18 Å². The normalized spacial score (nSPS) is 15.9. The fourth-order valence-electron chi connectivity index (χ4n) is 2.90. The maximum Gasteiger partial charge on any atom is 0.419 e. The molecule has 26 heavy (non-hydrogen) atoms. The number of halogens is 4. The van der Waals surface area contributed by atoms with Crippen molar-refractivity contribution in [2.24, 2.45) is 0 Å². The van der Waals surface area contributed by atoms with Gasteiger partial charge in [0.05, 0.1) is 10.6 Å². The molecule has 1 fully saturated rings. The summed E-state index contributed by atoms with van der Waals surface area (Å²) in [6, 6.07) is 9.65. The smallest absolute Gasteiger partial charge is 0.419 e. The topological polar surface area (TPSA) is 28.6 Å². The summed E-state index contributed by atoms with van der Waals surface area (Å²) in [5.74, 6) is 0.642. The zero-order valence-electron chi connectivity index (χ0n) is 14.0. The second-order valence-corrected chi connectivity index (χ2v) is 6.39. The highest BCUT2D eigenvalue weighted by molar-refractivity contribution is 6.32. The van der Waals surface area contributed by atoms with Crippen LogP contribution < -0.4 is 9.64 Å². The number of benzene rings is 1. The van der Waals surface area contributed by atoms with E-state index in [1.54, 1.807) is 17.0 Å². The maximum atomic E-state index is 13.1. The molecule has 0 N–H and O–H groups in total. The molecule has 0 aliphatic carbocycles. The van der Waals surface area contributed by atoms with Gasteiger partial charge in [0.2, 0.25) is 0 Å². The van der Waals surface area contributed by atoms with Gasteiger partial charge in [0, 0.05) is 38.9 Å². The minimum absolute atomic E-state index is 0.00645. The Hall–Kier alpha value is -1.99. The summed E-state index contributed by atoms with van der Waals surface area (Å²) < 4.78 is 45.1. The van der Waals surface area contributed by atoms with Gasteiger partial charge in [-0.1, -0.05) is 23.7 Å². The second-order valence-electron chi connectivity index (χ2n) is 5.98. The van der Waals surface area contributed by atoms with Gasteiger partial charge in [0.15, 0.2) is 0 Å². The van der Waals surface area contributed by atoms with E-state index < -0.39 is 11.7 Å². The molecular formula is C18H19ClF3N3O. The average molecular weight is 386 g/mol. The van der Waals surface area contributed by atoms with E-state index in [9.17, 15) is 13.2 Å². The van der Waals surface area contributed by atoms with E-state index >= 15 is 0 Å². The molecule has 4 nitrogen and oxygen atoms in total. The van der Waals surface area contributed by atoms with Crippen LogP contribution in [0.15, 0.2) is 42.6 Å². The van der Waals surface area contributed by atoms with Crippen molar-refractivity contribution < 1.29 is 17.9 Å². The SMILES string of the molecule is FC(F)(F)c1cccnc1N1CCN(CCOc2ccccc2Cl)CC1. The monoisotopic (exact) mass is 385 g/mol. The molecule has 1 saturated heterocycles. The molecule has 0 bridgehead atoms. The first-order valence-corrected chi connectivity index (χ1v) is 8.70. The first-order valence-electron chi connectivity index (χ1n) is 8.32. The number of nitrogens with zero attached hydrogens (tertiary/aromatic N) is 3. The number of alkyl halides is 3. The molecule has 0 saturated carbocycles. The Balaban J connectivity index is 1.51. The summed E-state index contributed by atoms with van der Waals surface area (Å²) in [4.78, 5) is 7.80. The molecule has 0 unspecified atom stereocenters. The molecule has 2 aromatic rings. The number of rotatable bonds is 5. The Morgan fingerprint density at radius 1 is 1.04 bits per heavy atom. The highest BCUT2D eigenvalue weighted by atomic mass is 35.5. The molecule has 0 spiro atoms. The number of hydrogen-bond acceptors (Lipinski definition) is 4. The zero-order chi connectivity index (χ0) is 18.6. The average Bonchev–Trinajstić information content (AvgIpc) is 2.63. The van der Waals surface area contributed by atoms with Gasteiger partial charge in [-0.3, -0.25) is 4.90 Å². The van der Waals surface area contributed by atoms with E-state index in [0.29, 0.717) is 50.1 Å². The van der Waals surface area contributed by atoms with Gasteiger partial charge < -0.3 is 9.64 Å². The van der Waals surface area contributed by atoms with Crippen molar-refractivity contribution in [3.63, 3.8) is 0 Å². The summed E-state index contributed by atoms with van der Waals surface area (Å²) >= 11 is 6.04. The number of pyridine rings is 1. The first kappa shape index (κ1) is 18.8. The van der Waals surface area contributed by atoms with E-state index in [1.807, 2.05) is 12.1 Å². The van der Waals surface area contributed by atoms with Crippen molar-refractivity contribution >= 4 is 17.4 Å². The largest absolute Gasteiger partial charge is 0.491 e. The third-order valence-corrected chi connectivity index (χ3v) is 4.58. The number of hydrogen-bond donors (Lipinski definition) is 0. The summed E-state index contributed by atoms with van der Waals surface area (Å²) in [6.07, 6.45) is -3.00. The number of piperazine rings is 1. The Bertz CT molecular complexity index is 734. The Morgan fingerprint density at radius 3 is 2.46 bits per heavy atom. The van der Waals surface area contributed by atoms with Crippen LogP contribution in [0.2, 0.25) is 5.02 Å². The molecule has 0 amide bonds. The third kappa shape index (κ3) is 4.59. The predicted molar refractivity (Wildman–Crippen MR) is 94.8 cm³/mol. The van der Waals surface area contributed by atoms with Crippen LogP contribution >= 0.6 is 11.6 Å². The lowest BCUT2D eigenvalue weighted by molar-refractivity contribution is -0.137. The molecule has 8 heteroatoms. The Labute approximate surface area is 155 Å². The Kier molecular flexibility index (Phi) is 5.88. The van der Waals surface area contributed by atoms with Crippen LogP contribution in [0.4, 0.5) is 19.0 Å². The van der Waals surface area contributed by atoms with Gasteiger partial charge in [-0.05, 0) is 24.3 Å². The predicted octanol–water partition coefficient (Wildman–Crippen LogP) is 3.95. The van der Waals surface area contributed by atoms with Crippen LogP contribution in [0.3, 0.4) is 0 Å². The molecule has 1 aromatic carbocycles. The van der Waals surface area contributed by atoms with Gasteiger partial charge in [0.1, 0.15) is 18.2 Å². The molecule has 1 aliphatic rings. The molecule has 2 heterocycles. The highest BCUT2D eigenvalue weighted by Crippen LogP contribution is 2.35. The first-order chi connectivity index (χ1) is 12.4. The lowest BCUT2D eigenvalue weighted by Gasteiger charge is -2.36. The van der Waals surface area contributed by atoms with Crippen LogP contribution in [0, 0.1) is 0 Å². The summed E-state index contributed by atoms with van der Waals surface area (Å²) in [7, 11) is 0. The van der Waals surface area contributed by atoms with E-state index in [4.69, 9.17) is 16.3 Å². The van der Waals surface area contributed by atoms with Crippen molar-refractivity contribution in [3.8, 4) is 5.75 Å². The fourth-order valence-corrected chi connectivity index (χ4v) is 3.09. The molecule has 0 radical (unpaired) electrons. The standard InChI is InChI=1S/C18H19ClF3N3O/c19-15-5-1-2-6-16(15)26-13-12-24-8-10-25(11-9-24)17-14(18(20,21)22)4-3-7-23-17/h1-7H,8-13H2. The maximum absolute atomic E-state index is 13.1. The zero-order valence-corrected chi connectivity index (χ0v) is 14.8. The molecule has 1 aromatic heterocycles. The lowest BCUT2D eigenvalue weighted by Crippen LogP contribution is -2.48. The van der Waals surface area contributed by atoms with Gasteiger partial charge in [0.25, 0.3) is 0 Å². The summed E-state index contributed by atoms with van der Waals surface area (Å²) in [5.41, 5.74) is -0.685. The quantitative estimate of drug-likeness (QED) is 0.779. The van der Waals surface area contributed by atoms with Crippen LogP contribution in [-0.4, -0.2) is 49.2 Å². The van der Waals surface area contributed by atoms with Crippen molar-refractivity contribution in [2.45, 2.75) is 6.18 Å². The number of aromatic nitrogens is 1.